The molecule has 1 unspecified atom stereocenters. The lowest BCUT2D eigenvalue weighted by molar-refractivity contribution is 0.0615. The zero-order valence-corrected chi connectivity index (χ0v) is 10.5. The monoisotopic (exact) mass is 230 g/mol. The van der Waals surface area contributed by atoms with Crippen molar-refractivity contribution < 1.29 is 5.11 Å². The van der Waals surface area contributed by atoms with Crippen molar-refractivity contribution in [1.82, 2.24) is 0 Å². The van der Waals surface area contributed by atoms with E-state index in [1.165, 1.54) is 24.0 Å². The van der Waals surface area contributed by atoms with Crippen molar-refractivity contribution in [1.29, 1.82) is 0 Å². The first-order valence-corrected chi connectivity index (χ1v) is 6.82. The van der Waals surface area contributed by atoms with Crippen LogP contribution in [0.5, 0.6) is 0 Å². The lowest BCUT2D eigenvalue weighted by Gasteiger charge is -2.30. The minimum atomic E-state index is -0.654. The van der Waals surface area contributed by atoms with Gasteiger partial charge in [-0.05, 0) is 49.7 Å². The van der Waals surface area contributed by atoms with Crippen molar-refractivity contribution in [3.63, 3.8) is 0 Å². The summed E-state index contributed by atoms with van der Waals surface area (Å²) in [5, 5.41) is 10.9. The Morgan fingerprint density at radius 3 is 2.94 bits per heavy atom. The van der Waals surface area contributed by atoms with Gasteiger partial charge in [0.2, 0.25) is 0 Å². The van der Waals surface area contributed by atoms with Gasteiger partial charge in [0.15, 0.2) is 0 Å². The van der Waals surface area contributed by atoms with E-state index in [1.54, 1.807) is 0 Å². The lowest BCUT2D eigenvalue weighted by atomic mass is 9.82. The van der Waals surface area contributed by atoms with E-state index in [0.717, 1.165) is 32.1 Å². The molecule has 0 heterocycles. The summed E-state index contributed by atoms with van der Waals surface area (Å²) in [4.78, 5) is 0. The quantitative estimate of drug-likeness (QED) is 0.716. The molecule has 1 nitrogen and oxygen atoms in total. The van der Waals surface area contributed by atoms with Gasteiger partial charge in [0.1, 0.15) is 0 Å². The van der Waals surface area contributed by atoms with Crippen molar-refractivity contribution in [3.05, 3.63) is 23.3 Å². The van der Waals surface area contributed by atoms with E-state index < -0.39 is 5.60 Å². The molecule has 0 fully saturated rings. The minimum Gasteiger partial charge on any atom is -0.385 e. The predicted molar refractivity (Wildman–Crippen MR) is 71.5 cm³/mol. The van der Waals surface area contributed by atoms with Crippen LogP contribution in [0.25, 0.3) is 0 Å². The first-order valence-electron chi connectivity index (χ1n) is 6.82. The molecule has 92 valence electrons. The summed E-state index contributed by atoms with van der Waals surface area (Å²) >= 11 is 0. The second kappa shape index (κ2) is 5.56. The average molecular weight is 230 g/mol. The maximum Gasteiger partial charge on any atom is 0.0905 e. The van der Waals surface area contributed by atoms with Gasteiger partial charge in [-0.1, -0.05) is 25.0 Å². The SMILES string of the molecule is C#CCCC1(O)CCCCC/C=C2/CCC=C21. The van der Waals surface area contributed by atoms with Crippen LogP contribution in [0.2, 0.25) is 0 Å². The Balaban J connectivity index is 2.23. The van der Waals surface area contributed by atoms with Crippen molar-refractivity contribution in [3.8, 4) is 12.3 Å². The Bertz CT molecular complexity index is 369. The normalized spacial score (nSPS) is 32.2. The largest absolute Gasteiger partial charge is 0.385 e. The first-order chi connectivity index (χ1) is 8.26. The van der Waals surface area contributed by atoms with Gasteiger partial charge in [-0.15, -0.1) is 12.3 Å². The topological polar surface area (TPSA) is 20.2 Å². The van der Waals surface area contributed by atoms with E-state index in [0.29, 0.717) is 12.8 Å². The predicted octanol–water partition coefficient (Wildman–Crippen LogP) is 3.74. The van der Waals surface area contributed by atoms with Gasteiger partial charge in [-0.3, -0.25) is 0 Å². The summed E-state index contributed by atoms with van der Waals surface area (Å²) < 4.78 is 0. The lowest BCUT2D eigenvalue weighted by Crippen LogP contribution is -2.31. The summed E-state index contributed by atoms with van der Waals surface area (Å²) in [6.45, 7) is 0. The molecule has 0 saturated carbocycles. The molecule has 1 atom stereocenters. The third-order valence-electron chi connectivity index (χ3n) is 3.98. The molecule has 0 spiro atoms. The van der Waals surface area contributed by atoms with Crippen LogP contribution in [0.3, 0.4) is 0 Å². The highest BCUT2D eigenvalue weighted by atomic mass is 16.3. The highest BCUT2D eigenvalue weighted by Gasteiger charge is 2.34. The fourth-order valence-electron chi connectivity index (χ4n) is 3.03. The van der Waals surface area contributed by atoms with Crippen LogP contribution < -0.4 is 0 Å². The van der Waals surface area contributed by atoms with Crippen LogP contribution in [0.4, 0.5) is 0 Å². The molecule has 0 aromatic carbocycles. The van der Waals surface area contributed by atoms with Gasteiger partial charge >= 0.3 is 0 Å². The molecule has 0 amide bonds. The Kier molecular flexibility index (Phi) is 4.07. The van der Waals surface area contributed by atoms with E-state index in [2.05, 4.69) is 18.1 Å². The number of allylic oxidation sites excluding steroid dienone is 2. The van der Waals surface area contributed by atoms with Gasteiger partial charge in [-0.25, -0.2) is 0 Å². The molecule has 0 aliphatic heterocycles. The average Bonchev–Trinajstić information content (AvgIpc) is 2.80. The molecule has 0 bridgehead atoms. The van der Waals surface area contributed by atoms with Crippen LogP contribution in [-0.4, -0.2) is 10.7 Å². The summed E-state index contributed by atoms with van der Waals surface area (Å²) in [7, 11) is 0. The highest BCUT2D eigenvalue weighted by Crippen LogP contribution is 2.40. The molecule has 2 rings (SSSR count). The molecule has 2 aliphatic rings. The van der Waals surface area contributed by atoms with Crippen LogP contribution in [0, 0.1) is 12.3 Å². The van der Waals surface area contributed by atoms with Crippen molar-refractivity contribution in [2.24, 2.45) is 0 Å². The third kappa shape index (κ3) is 2.82. The Morgan fingerprint density at radius 1 is 1.24 bits per heavy atom. The fourth-order valence-corrected chi connectivity index (χ4v) is 3.03. The smallest absolute Gasteiger partial charge is 0.0905 e. The molecular weight excluding hydrogens is 208 g/mol. The zero-order valence-electron chi connectivity index (χ0n) is 10.5. The number of rotatable bonds is 2. The molecule has 1 heteroatoms. The van der Waals surface area contributed by atoms with Gasteiger partial charge in [0.05, 0.1) is 5.60 Å². The van der Waals surface area contributed by atoms with Gasteiger partial charge in [0, 0.05) is 6.42 Å². The van der Waals surface area contributed by atoms with Gasteiger partial charge in [0.25, 0.3) is 0 Å². The molecular formula is C16H22O. The maximum atomic E-state index is 10.9. The Labute approximate surface area is 105 Å². The highest BCUT2D eigenvalue weighted by molar-refractivity contribution is 5.42. The summed E-state index contributed by atoms with van der Waals surface area (Å²) in [6.07, 6.45) is 19.1. The number of hydrogen-bond acceptors (Lipinski definition) is 1. The Morgan fingerprint density at radius 2 is 2.12 bits per heavy atom. The van der Waals surface area contributed by atoms with E-state index in [1.807, 2.05) is 0 Å². The number of hydrogen-bond donors (Lipinski definition) is 1. The molecule has 0 aromatic rings. The maximum absolute atomic E-state index is 10.9. The summed E-state index contributed by atoms with van der Waals surface area (Å²) in [5.74, 6) is 2.67. The molecule has 2 aliphatic carbocycles. The van der Waals surface area contributed by atoms with Crippen molar-refractivity contribution in [2.45, 2.75) is 63.4 Å². The number of terminal acetylenes is 1. The molecule has 0 aromatic heterocycles. The van der Waals surface area contributed by atoms with E-state index >= 15 is 0 Å². The van der Waals surface area contributed by atoms with Crippen molar-refractivity contribution in [2.75, 3.05) is 0 Å². The van der Waals surface area contributed by atoms with Crippen LogP contribution in [0.15, 0.2) is 23.3 Å². The molecule has 1 N–H and O–H groups in total. The molecule has 17 heavy (non-hydrogen) atoms. The summed E-state index contributed by atoms with van der Waals surface area (Å²) in [6, 6.07) is 0. The van der Waals surface area contributed by atoms with Crippen LogP contribution in [0.1, 0.15) is 57.8 Å². The van der Waals surface area contributed by atoms with E-state index in [-0.39, 0.29) is 0 Å². The van der Waals surface area contributed by atoms with Gasteiger partial charge in [-0.2, -0.15) is 0 Å². The zero-order chi connectivity index (χ0) is 12.1. The van der Waals surface area contributed by atoms with Gasteiger partial charge < -0.3 is 5.11 Å². The Hall–Kier alpha value is -1.00. The standard InChI is InChI=1S/C16H22O/c1-2-3-12-16(17)13-7-5-4-6-9-14-10-8-11-15(14)16/h1,9,11,17H,3-8,10,12-13H2/b14-9-. The first kappa shape index (κ1) is 12.5. The molecule has 0 radical (unpaired) electrons. The number of fused-ring (bicyclic) bond motifs is 1. The van der Waals surface area contributed by atoms with Crippen LogP contribution in [-0.2, 0) is 0 Å². The van der Waals surface area contributed by atoms with E-state index in [9.17, 15) is 5.11 Å². The van der Waals surface area contributed by atoms with E-state index in [4.69, 9.17) is 6.42 Å². The second-order valence-electron chi connectivity index (χ2n) is 5.22. The van der Waals surface area contributed by atoms with Crippen LogP contribution >= 0.6 is 0 Å². The fraction of sp³-hybridized carbons (Fsp3) is 0.625. The summed E-state index contributed by atoms with van der Waals surface area (Å²) in [5.41, 5.74) is 1.92. The van der Waals surface area contributed by atoms with Crippen molar-refractivity contribution >= 4 is 0 Å². The molecule has 0 saturated heterocycles. The minimum absolute atomic E-state index is 0.654. The second-order valence-corrected chi connectivity index (χ2v) is 5.22. The number of aliphatic hydroxyl groups is 1. The third-order valence-corrected chi connectivity index (χ3v) is 3.98.